The summed E-state index contributed by atoms with van der Waals surface area (Å²) in [5.74, 6) is -0.390. The van der Waals surface area contributed by atoms with Crippen molar-refractivity contribution in [1.82, 2.24) is 19.6 Å². The smallest absolute Gasteiger partial charge is 0.321 e. The van der Waals surface area contributed by atoms with Crippen LogP contribution in [-0.4, -0.2) is 41.4 Å². The third-order valence-electron chi connectivity index (χ3n) is 2.93. The molecule has 2 heterocycles. The van der Waals surface area contributed by atoms with E-state index in [-0.39, 0.29) is 11.3 Å². The molecule has 0 aromatic carbocycles. The van der Waals surface area contributed by atoms with Gasteiger partial charge in [0.15, 0.2) is 0 Å². The molecular formula is C11H15N5O3S. The third kappa shape index (κ3) is 2.83. The highest BCUT2D eigenvalue weighted by Gasteiger charge is 2.32. The molecule has 0 bridgehead atoms. The van der Waals surface area contributed by atoms with E-state index >= 15 is 0 Å². The van der Waals surface area contributed by atoms with Gasteiger partial charge in [-0.25, -0.2) is 9.97 Å². The van der Waals surface area contributed by atoms with Gasteiger partial charge in [-0.1, -0.05) is 0 Å². The largest absolute Gasteiger partial charge is 0.480 e. The predicted molar refractivity (Wildman–Crippen MR) is 74.6 cm³/mol. The maximum absolute atomic E-state index is 11.8. The second kappa shape index (κ2) is 5.25. The minimum atomic E-state index is -1.06. The first-order chi connectivity index (χ1) is 9.31. The van der Waals surface area contributed by atoms with Gasteiger partial charge in [0.05, 0.1) is 5.69 Å². The molecule has 0 unspecified atom stereocenters. The number of carbonyl (C=O) groups is 1. The number of rotatable bonds is 5. The number of fused-ring (bicyclic) bond motifs is 1. The molecule has 0 fully saturated rings. The Morgan fingerprint density at radius 2 is 2.35 bits per heavy atom. The summed E-state index contributed by atoms with van der Waals surface area (Å²) in [7, 11) is 0. The highest BCUT2D eigenvalue weighted by Crippen LogP contribution is 2.29. The Balaban J connectivity index is 2.17. The van der Waals surface area contributed by atoms with Gasteiger partial charge in [-0.2, -0.15) is 4.52 Å². The lowest BCUT2D eigenvalue weighted by Gasteiger charge is -2.27. The molecule has 0 saturated heterocycles. The summed E-state index contributed by atoms with van der Waals surface area (Å²) in [4.78, 5) is 30.8. The fourth-order valence-electron chi connectivity index (χ4n) is 1.59. The van der Waals surface area contributed by atoms with Gasteiger partial charge in [-0.05, 0) is 13.8 Å². The highest BCUT2D eigenvalue weighted by molar-refractivity contribution is 7.99. The zero-order valence-corrected chi connectivity index (χ0v) is 11.8. The average Bonchev–Trinajstić information content (AvgIpc) is 2.84. The standard InChI is InChI=1S/C11H15N5O3S/c1-11(2,8(12)9(18)19)20-4-6-3-7(17)16-10(15-6)13-5-14-16/h3,5,8H,4,12H2,1-2H3,(H,18,19)(H,13,14,15)/t8-/m0/s1. The first kappa shape index (κ1) is 14.5. The van der Waals surface area contributed by atoms with Crippen LogP contribution in [0.3, 0.4) is 0 Å². The summed E-state index contributed by atoms with van der Waals surface area (Å²) < 4.78 is 0.548. The number of thioether (sulfide) groups is 1. The molecule has 2 aromatic heterocycles. The number of nitrogens with two attached hydrogens (primary N) is 1. The van der Waals surface area contributed by atoms with Crippen molar-refractivity contribution in [3.05, 3.63) is 28.4 Å². The van der Waals surface area contributed by atoms with E-state index in [1.54, 1.807) is 13.8 Å². The molecule has 0 radical (unpaired) electrons. The number of aromatic amines is 1. The molecular weight excluding hydrogens is 282 g/mol. The van der Waals surface area contributed by atoms with Crippen molar-refractivity contribution in [2.75, 3.05) is 0 Å². The van der Waals surface area contributed by atoms with Crippen LogP contribution in [0.25, 0.3) is 5.78 Å². The Morgan fingerprint density at radius 3 is 3.00 bits per heavy atom. The monoisotopic (exact) mass is 297 g/mol. The molecule has 108 valence electrons. The number of hydrogen-bond acceptors (Lipinski definition) is 6. The highest BCUT2D eigenvalue weighted by atomic mass is 32.2. The fourth-order valence-corrected chi connectivity index (χ4v) is 2.54. The summed E-state index contributed by atoms with van der Waals surface area (Å²) in [5.41, 5.74) is 5.92. The van der Waals surface area contributed by atoms with Crippen LogP contribution < -0.4 is 11.3 Å². The van der Waals surface area contributed by atoms with Gasteiger partial charge in [0.25, 0.3) is 11.3 Å². The summed E-state index contributed by atoms with van der Waals surface area (Å²) in [6.07, 6.45) is 1.38. The minimum Gasteiger partial charge on any atom is -0.480 e. The van der Waals surface area contributed by atoms with Gasteiger partial charge in [0, 0.05) is 16.6 Å². The molecule has 0 saturated carbocycles. The van der Waals surface area contributed by atoms with Gasteiger partial charge >= 0.3 is 5.97 Å². The van der Waals surface area contributed by atoms with E-state index in [2.05, 4.69) is 15.1 Å². The van der Waals surface area contributed by atoms with Crippen LogP contribution in [0.1, 0.15) is 19.5 Å². The Labute approximate surface area is 118 Å². The molecule has 20 heavy (non-hydrogen) atoms. The number of carboxylic acid groups (broad SMARTS) is 1. The molecule has 9 heteroatoms. The number of aliphatic carboxylic acids is 1. The van der Waals surface area contributed by atoms with Gasteiger partial charge in [-0.3, -0.25) is 14.7 Å². The summed E-state index contributed by atoms with van der Waals surface area (Å²) >= 11 is 1.33. The zero-order chi connectivity index (χ0) is 14.9. The molecule has 1 atom stereocenters. The van der Waals surface area contributed by atoms with Crippen LogP contribution in [-0.2, 0) is 10.5 Å². The molecule has 2 rings (SSSR count). The van der Waals surface area contributed by atoms with Crippen molar-refractivity contribution in [2.24, 2.45) is 5.73 Å². The van der Waals surface area contributed by atoms with Gasteiger partial charge in [0.2, 0.25) is 0 Å². The molecule has 8 nitrogen and oxygen atoms in total. The predicted octanol–water partition coefficient (Wildman–Crippen LogP) is -0.159. The van der Waals surface area contributed by atoms with E-state index in [4.69, 9.17) is 10.8 Å². The van der Waals surface area contributed by atoms with E-state index in [1.807, 2.05) is 0 Å². The maximum atomic E-state index is 11.8. The molecule has 4 N–H and O–H groups in total. The topological polar surface area (TPSA) is 126 Å². The molecule has 0 spiro atoms. The summed E-state index contributed by atoms with van der Waals surface area (Å²) in [5, 5.41) is 11.6. The second-order valence-corrected chi connectivity index (χ2v) is 6.45. The van der Waals surface area contributed by atoms with E-state index < -0.39 is 16.8 Å². The zero-order valence-electron chi connectivity index (χ0n) is 11.0. The Morgan fingerprint density at radius 1 is 1.65 bits per heavy atom. The quantitative estimate of drug-likeness (QED) is 0.700. The number of H-pyrrole nitrogens is 1. The van der Waals surface area contributed by atoms with Crippen LogP contribution in [0.5, 0.6) is 0 Å². The van der Waals surface area contributed by atoms with E-state index in [9.17, 15) is 9.59 Å². The second-order valence-electron chi connectivity index (χ2n) is 4.82. The fraction of sp³-hybridized carbons (Fsp3) is 0.455. The van der Waals surface area contributed by atoms with Gasteiger partial charge in [-0.15, -0.1) is 11.8 Å². The molecule has 0 aliphatic heterocycles. The number of nitrogens with zero attached hydrogens (tertiary/aromatic N) is 3. The number of aromatic nitrogens is 4. The molecule has 0 amide bonds. The summed E-state index contributed by atoms with van der Waals surface area (Å²) in [6.45, 7) is 3.49. The van der Waals surface area contributed by atoms with Crippen LogP contribution in [0.2, 0.25) is 0 Å². The summed E-state index contributed by atoms with van der Waals surface area (Å²) in [6, 6.07) is 0.392. The first-order valence-corrected chi connectivity index (χ1v) is 6.84. The van der Waals surface area contributed by atoms with E-state index in [1.165, 1.54) is 28.7 Å². The lowest BCUT2D eigenvalue weighted by molar-refractivity contribution is -0.139. The van der Waals surface area contributed by atoms with Crippen LogP contribution >= 0.6 is 11.8 Å². The van der Waals surface area contributed by atoms with Crippen molar-refractivity contribution >= 4 is 23.5 Å². The Kier molecular flexibility index (Phi) is 3.82. The molecule has 0 aliphatic carbocycles. The lowest BCUT2D eigenvalue weighted by Crippen LogP contribution is -2.46. The normalized spacial score (nSPS) is 13.6. The first-order valence-electron chi connectivity index (χ1n) is 5.85. The average molecular weight is 297 g/mol. The number of hydrogen-bond donors (Lipinski definition) is 3. The van der Waals surface area contributed by atoms with Crippen molar-refractivity contribution in [3.8, 4) is 0 Å². The van der Waals surface area contributed by atoms with Crippen LogP contribution in [0.4, 0.5) is 0 Å². The number of carboxylic acids is 1. The van der Waals surface area contributed by atoms with Gasteiger partial charge < -0.3 is 10.8 Å². The van der Waals surface area contributed by atoms with Gasteiger partial charge in [0.1, 0.15) is 12.4 Å². The number of nitrogens with one attached hydrogen (secondary N) is 1. The molecule has 2 aromatic rings. The maximum Gasteiger partial charge on any atom is 0.321 e. The van der Waals surface area contributed by atoms with Crippen LogP contribution in [0.15, 0.2) is 17.2 Å². The molecule has 0 aliphatic rings. The lowest BCUT2D eigenvalue weighted by atomic mass is 10.1. The van der Waals surface area contributed by atoms with E-state index in [0.29, 0.717) is 11.4 Å². The van der Waals surface area contributed by atoms with Crippen molar-refractivity contribution in [3.63, 3.8) is 0 Å². The Bertz CT molecular complexity index is 693. The Hall–Kier alpha value is -1.87. The van der Waals surface area contributed by atoms with Crippen molar-refractivity contribution < 1.29 is 9.90 Å². The SMILES string of the molecule is CC(C)(SCc1cc(=O)n2[nH]cnc2n1)[C@@H](N)C(=O)O. The third-order valence-corrected chi connectivity index (χ3v) is 4.37. The minimum absolute atomic E-state index is 0.261. The van der Waals surface area contributed by atoms with Crippen LogP contribution in [0, 0.1) is 0 Å². The van der Waals surface area contributed by atoms with Crippen molar-refractivity contribution in [2.45, 2.75) is 30.4 Å². The van der Waals surface area contributed by atoms with Crippen molar-refractivity contribution in [1.29, 1.82) is 0 Å². The van der Waals surface area contributed by atoms with E-state index in [0.717, 1.165) is 0 Å².